The van der Waals surface area contributed by atoms with Crippen LogP contribution >= 0.6 is 11.8 Å². The van der Waals surface area contributed by atoms with E-state index in [9.17, 15) is 0 Å². The summed E-state index contributed by atoms with van der Waals surface area (Å²) in [6.07, 6.45) is 4.96. The highest BCUT2D eigenvalue weighted by Crippen LogP contribution is 2.37. The molecule has 2 heteroatoms. The zero-order chi connectivity index (χ0) is 8.32. The van der Waals surface area contributed by atoms with Crippen molar-refractivity contribution in [3.63, 3.8) is 0 Å². The second kappa shape index (κ2) is 3.44. The third-order valence-corrected chi connectivity index (χ3v) is 3.74. The number of rotatable bonds is 1. The van der Waals surface area contributed by atoms with Gasteiger partial charge in [0.05, 0.1) is 0 Å². The topological polar surface area (TPSA) is 12.4 Å². The summed E-state index contributed by atoms with van der Waals surface area (Å²) in [7, 11) is 0. The predicted octanol–water partition coefficient (Wildman–Crippen LogP) is 3.08. The minimum atomic E-state index is 0.344. The minimum Gasteiger partial charge on any atom is -0.269 e. The highest BCUT2D eigenvalue weighted by molar-refractivity contribution is 8.03. The molecule has 0 fully saturated rings. The Morgan fingerprint density at radius 3 is 2.91 bits per heavy atom. The van der Waals surface area contributed by atoms with Gasteiger partial charge in [-0.3, -0.25) is 4.99 Å². The number of nitrogens with zero attached hydrogens (tertiary/aromatic N) is 1. The number of hydrogen-bond donors (Lipinski definition) is 0. The molecule has 0 aliphatic carbocycles. The fraction of sp³-hybridized carbons (Fsp3) is 0.667. The third kappa shape index (κ3) is 2.09. The lowest BCUT2D eigenvalue weighted by Crippen LogP contribution is -2.26. The SMILES string of the molecule is CC(C)C1(C)CC=NC=CS1. The predicted molar refractivity (Wildman–Crippen MR) is 53.1 cm³/mol. The molecule has 0 spiro atoms. The monoisotopic (exact) mass is 169 g/mol. The average Bonchev–Trinajstić information content (AvgIpc) is 2.15. The highest BCUT2D eigenvalue weighted by Gasteiger charge is 2.27. The molecule has 0 aromatic carbocycles. The maximum Gasteiger partial charge on any atom is 0.0327 e. The van der Waals surface area contributed by atoms with E-state index in [-0.39, 0.29) is 0 Å². The maximum atomic E-state index is 4.12. The van der Waals surface area contributed by atoms with E-state index in [2.05, 4.69) is 31.2 Å². The van der Waals surface area contributed by atoms with Gasteiger partial charge in [-0.2, -0.15) is 0 Å². The molecule has 0 N–H and O–H groups in total. The summed E-state index contributed by atoms with van der Waals surface area (Å²) in [6.45, 7) is 6.82. The molecule has 0 bridgehead atoms. The van der Waals surface area contributed by atoms with Gasteiger partial charge in [0.25, 0.3) is 0 Å². The van der Waals surface area contributed by atoms with Gasteiger partial charge >= 0.3 is 0 Å². The number of aliphatic imine (C=N–C) groups is 1. The number of hydrogen-bond acceptors (Lipinski definition) is 2. The van der Waals surface area contributed by atoms with Gasteiger partial charge in [-0.05, 0) is 24.7 Å². The lowest BCUT2D eigenvalue weighted by Gasteiger charge is -2.29. The molecule has 1 rings (SSSR count). The van der Waals surface area contributed by atoms with Gasteiger partial charge in [0.1, 0.15) is 0 Å². The quantitative estimate of drug-likeness (QED) is 0.587. The normalized spacial score (nSPS) is 30.9. The highest BCUT2D eigenvalue weighted by atomic mass is 32.2. The van der Waals surface area contributed by atoms with Crippen LogP contribution < -0.4 is 0 Å². The molecule has 1 aliphatic rings. The first-order valence-corrected chi connectivity index (χ1v) is 4.87. The first-order valence-electron chi connectivity index (χ1n) is 3.99. The third-order valence-electron chi connectivity index (χ3n) is 2.31. The van der Waals surface area contributed by atoms with Crippen molar-refractivity contribution in [3.05, 3.63) is 11.6 Å². The Morgan fingerprint density at radius 1 is 1.55 bits per heavy atom. The summed E-state index contributed by atoms with van der Waals surface area (Å²) < 4.78 is 0.344. The molecule has 11 heavy (non-hydrogen) atoms. The maximum absolute atomic E-state index is 4.12. The second-order valence-corrected chi connectivity index (χ2v) is 4.85. The molecule has 0 radical (unpaired) electrons. The molecule has 0 saturated carbocycles. The Bertz CT molecular complexity index is 168. The molecule has 0 saturated heterocycles. The van der Waals surface area contributed by atoms with Crippen LogP contribution in [0, 0.1) is 5.92 Å². The Kier molecular flexibility index (Phi) is 2.77. The molecule has 1 aliphatic heterocycles. The fourth-order valence-electron chi connectivity index (χ4n) is 0.936. The molecule has 0 amide bonds. The Morgan fingerprint density at radius 2 is 2.27 bits per heavy atom. The average molecular weight is 169 g/mol. The molecule has 1 unspecified atom stereocenters. The van der Waals surface area contributed by atoms with Gasteiger partial charge in [0, 0.05) is 17.2 Å². The van der Waals surface area contributed by atoms with Crippen molar-refractivity contribution in [2.24, 2.45) is 10.9 Å². The van der Waals surface area contributed by atoms with E-state index in [0.717, 1.165) is 6.42 Å². The van der Waals surface area contributed by atoms with Crippen LogP contribution in [0.25, 0.3) is 0 Å². The smallest absolute Gasteiger partial charge is 0.0327 e. The van der Waals surface area contributed by atoms with Crippen molar-refractivity contribution < 1.29 is 0 Å². The van der Waals surface area contributed by atoms with Crippen LogP contribution in [0.3, 0.4) is 0 Å². The van der Waals surface area contributed by atoms with E-state index in [1.807, 2.05) is 24.2 Å². The Labute approximate surface area is 73.0 Å². The molecule has 0 aromatic rings. The van der Waals surface area contributed by atoms with E-state index >= 15 is 0 Å². The molecular weight excluding hydrogens is 154 g/mol. The summed E-state index contributed by atoms with van der Waals surface area (Å²) in [5.41, 5.74) is 0. The second-order valence-electron chi connectivity index (χ2n) is 3.41. The first-order chi connectivity index (χ1) is 5.15. The van der Waals surface area contributed by atoms with Crippen LogP contribution in [0.5, 0.6) is 0 Å². The van der Waals surface area contributed by atoms with Crippen molar-refractivity contribution in [2.75, 3.05) is 0 Å². The van der Waals surface area contributed by atoms with Crippen molar-refractivity contribution >= 4 is 18.0 Å². The summed E-state index contributed by atoms with van der Waals surface area (Å²) in [6, 6.07) is 0. The number of thioether (sulfide) groups is 1. The van der Waals surface area contributed by atoms with Crippen LogP contribution in [-0.4, -0.2) is 11.0 Å². The van der Waals surface area contributed by atoms with Crippen LogP contribution in [0.2, 0.25) is 0 Å². The van der Waals surface area contributed by atoms with E-state index in [1.165, 1.54) is 0 Å². The fourth-order valence-corrected chi connectivity index (χ4v) is 1.82. The lowest BCUT2D eigenvalue weighted by atomic mass is 9.94. The zero-order valence-electron chi connectivity index (χ0n) is 7.37. The summed E-state index contributed by atoms with van der Waals surface area (Å²) in [5, 5.41) is 2.09. The van der Waals surface area contributed by atoms with Gasteiger partial charge in [0.15, 0.2) is 0 Å². The van der Waals surface area contributed by atoms with Crippen molar-refractivity contribution in [2.45, 2.75) is 31.9 Å². The molecule has 1 nitrogen and oxygen atoms in total. The van der Waals surface area contributed by atoms with Crippen molar-refractivity contribution in [1.82, 2.24) is 0 Å². The van der Waals surface area contributed by atoms with Gasteiger partial charge in [-0.15, -0.1) is 11.8 Å². The van der Waals surface area contributed by atoms with Crippen LogP contribution in [0.1, 0.15) is 27.2 Å². The summed E-state index contributed by atoms with van der Waals surface area (Å²) in [5.74, 6) is 0.696. The van der Waals surface area contributed by atoms with E-state index in [4.69, 9.17) is 0 Å². The minimum absolute atomic E-state index is 0.344. The molecule has 62 valence electrons. The van der Waals surface area contributed by atoms with Crippen molar-refractivity contribution in [3.8, 4) is 0 Å². The van der Waals surface area contributed by atoms with E-state index < -0.39 is 0 Å². The van der Waals surface area contributed by atoms with Crippen LogP contribution in [0.4, 0.5) is 0 Å². The van der Waals surface area contributed by atoms with Gasteiger partial charge in [0.2, 0.25) is 0 Å². The lowest BCUT2D eigenvalue weighted by molar-refractivity contribution is 0.485. The Hall–Kier alpha value is -0.240. The molecule has 1 atom stereocenters. The summed E-state index contributed by atoms with van der Waals surface area (Å²) >= 11 is 1.89. The van der Waals surface area contributed by atoms with Crippen molar-refractivity contribution in [1.29, 1.82) is 0 Å². The standard InChI is InChI=1S/C9H15NS/c1-8(2)9(3)4-5-10-6-7-11-9/h5-8H,4H2,1-3H3. The first kappa shape index (κ1) is 8.85. The largest absolute Gasteiger partial charge is 0.269 e. The van der Waals surface area contributed by atoms with Crippen LogP contribution in [-0.2, 0) is 0 Å². The van der Waals surface area contributed by atoms with Gasteiger partial charge in [-0.1, -0.05) is 13.8 Å². The summed E-state index contributed by atoms with van der Waals surface area (Å²) in [4.78, 5) is 4.12. The van der Waals surface area contributed by atoms with Gasteiger partial charge in [-0.25, -0.2) is 0 Å². The van der Waals surface area contributed by atoms with E-state index in [0.29, 0.717) is 10.7 Å². The zero-order valence-corrected chi connectivity index (χ0v) is 8.19. The molecule has 0 aromatic heterocycles. The Balaban J connectivity index is 2.70. The molecule has 1 heterocycles. The van der Waals surface area contributed by atoms with Gasteiger partial charge < -0.3 is 0 Å². The van der Waals surface area contributed by atoms with E-state index in [1.54, 1.807) is 0 Å². The molecular formula is C9H15NS. The van der Waals surface area contributed by atoms with Crippen LogP contribution in [0.15, 0.2) is 16.6 Å².